The van der Waals surface area contributed by atoms with Gasteiger partial charge >= 0.3 is 5.97 Å². The lowest BCUT2D eigenvalue weighted by atomic mass is 9.97. The van der Waals surface area contributed by atoms with Crippen molar-refractivity contribution in [2.24, 2.45) is 0 Å². The van der Waals surface area contributed by atoms with Gasteiger partial charge in [-0.1, -0.05) is 20.8 Å². The van der Waals surface area contributed by atoms with E-state index in [0.717, 1.165) is 26.2 Å². The molecule has 0 spiro atoms. The summed E-state index contributed by atoms with van der Waals surface area (Å²) < 4.78 is 5.67. The van der Waals surface area contributed by atoms with E-state index in [9.17, 15) is 4.79 Å². The SMILES string of the molecule is CC(C)(C)c1nnc(CN2CCN(CC(=O)O)CC2)o1. The second-order valence-corrected chi connectivity index (χ2v) is 6.20. The minimum atomic E-state index is -0.773. The summed E-state index contributed by atoms with van der Waals surface area (Å²) in [6, 6.07) is 0. The zero-order valence-corrected chi connectivity index (χ0v) is 12.3. The Kier molecular flexibility index (Phi) is 4.39. The van der Waals surface area contributed by atoms with Crippen LogP contribution in [0.3, 0.4) is 0 Å². The molecule has 0 saturated carbocycles. The standard InChI is InChI=1S/C13H22N4O3/c1-13(2,3)12-15-14-10(20-12)8-16-4-6-17(7-5-16)9-11(18)19/h4-9H2,1-3H3,(H,18,19). The third-order valence-corrected chi connectivity index (χ3v) is 3.29. The van der Waals surface area contributed by atoms with Gasteiger partial charge in [-0.05, 0) is 0 Å². The van der Waals surface area contributed by atoms with Crippen molar-refractivity contribution >= 4 is 5.97 Å². The Morgan fingerprint density at radius 2 is 1.80 bits per heavy atom. The molecule has 0 bridgehead atoms. The zero-order valence-electron chi connectivity index (χ0n) is 12.3. The van der Waals surface area contributed by atoms with Crippen LogP contribution in [0.15, 0.2) is 4.42 Å². The molecule has 1 aliphatic heterocycles. The second-order valence-electron chi connectivity index (χ2n) is 6.20. The maximum absolute atomic E-state index is 10.6. The van der Waals surface area contributed by atoms with Crippen LogP contribution < -0.4 is 0 Å². The van der Waals surface area contributed by atoms with Gasteiger partial charge in [-0.2, -0.15) is 0 Å². The minimum Gasteiger partial charge on any atom is -0.480 e. The predicted octanol–water partition coefficient (Wildman–Crippen LogP) is 0.569. The van der Waals surface area contributed by atoms with Crippen molar-refractivity contribution in [2.75, 3.05) is 32.7 Å². The average molecular weight is 282 g/mol. The van der Waals surface area contributed by atoms with Crippen LogP contribution in [0.2, 0.25) is 0 Å². The number of aromatic nitrogens is 2. The van der Waals surface area contributed by atoms with Gasteiger partial charge in [-0.25, -0.2) is 0 Å². The molecule has 2 rings (SSSR count). The molecule has 0 aromatic carbocycles. The number of aliphatic carboxylic acids is 1. The Morgan fingerprint density at radius 3 is 2.30 bits per heavy atom. The van der Waals surface area contributed by atoms with Crippen molar-refractivity contribution < 1.29 is 14.3 Å². The number of carboxylic acid groups (broad SMARTS) is 1. The number of rotatable bonds is 4. The molecular formula is C13H22N4O3. The fourth-order valence-electron chi connectivity index (χ4n) is 2.11. The molecule has 112 valence electrons. The van der Waals surface area contributed by atoms with Crippen molar-refractivity contribution in [1.29, 1.82) is 0 Å². The summed E-state index contributed by atoms with van der Waals surface area (Å²) in [6.45, 7) is 10.0. The number of hydrogen-bond donors (Lipinski definition) is 1. The molecule has 1 saturated heterocycles. The van der Waals surface area contributed by atoms with Crippen LogP contribution in [0.5, 0.6) is 0 Å². The van der Waals surface area contributed by atoms with Gasteiger partial charge < -0.3 is 9.52 Å². The number of nitrogens with zero attached hydrogens (tertiary/aromatic N) is 4. The minimum absolute atomic E-state index is 0.114. The van der Waals surface area contributed by atoms with Crippen molar-refractivity contribution in [3.63, 3.8) is 0 Å². The highest BCUT2D eigenvalue weighted by Gasteiger charge is 2.24. The summed E-state index contributed by atoms with van der Waals surface area (Å²) >= 11 is 0. The lowest BCUT2D eigenvalue weighted by Gasteiger charge is -2.32. The molecule has 0 aliphatic carbocycles. The molecule has 2 heterocycles. The number of carboxylic acids is 1. The molecule has 20 heavy (non-hydrogen) atoms. The van der Waals surface area contributed by atoms with E-state index in [1.165, 1.54) is 0 Å². The van der Waals surface area contributed by atoms with Crippen LogP contribution in [-0.4, -0.2) is 63.8 Å². The topological polar surface area (TPSA) is 82.7 Å². The first-order valence-corrected chi connectivity index (χ1v) is 6.84. The van der Waals surface area contributed by atoms with Gasteiger partial charge in [-0.15, -0.1) is 10.2 Å². The normalized spacial score (nSPS) is 18.4. The molecule has 0 radical (unpaired) electrons. The summed E-state index contributed by atoms with van der Waals surface area (Å²) in [5.41, 5.74) is -0.133. The molecular weight excluding hydrogens is 260 g/mol. The quantitative estimate of drug-likeness (QED) is 0.864. The first kappa shape index (κ1) is 14.9. The third kappa shape index (κ3) is 4.01. The van der Waals surface area contributed by atoms with Gasteiger partial charge in [0.1, 0.15) is 0 Å². The van der Waals surface area contributed by atoms with Crippen LogP contribution in [0, 0.1) is 0 Å². The predicted molar refractivity (Wildman–Crippen MR) is 72.4 cm³/mol. The Bertz CT molecular complexity index is 458. The van der Waals surface area contributed by atoms with E-state index in [2.05, 4.69) is 15.1 Å². The van der Waals surface area contributed by atoms with Crippen molar-refractivity contribution in [3.05, 3.63) is 11.8 Å². The lowest BCUT2D eigenvalue weighted by molar-refractivity contribution is -0.138. The molecule has 0 unspecified atom stereocenters. The lowest BCUT2D eigenvalue weighted by Crippen LogP contribution is -2.47. The van der Waals surface area contributed by atoms with Crippen LogP contribution in [0.25, 0.3) is 0 Å². The van der Waals surface area contributed by atoms with Gasteiger partial charge in [0.2, 0.25) is 11.8 Å². The molecule has 1 aliphatic rings. The maximum atomic E-state index is 10.6. The Labute approximate surface area is 118 Å². The monoisotopic (exact) mass is 282 g/mol. The van der Waals surface area contributed by atoms with E-state index >= 15 is 0 Å². The Balaban J connectivity index is 1.84. The zero-order chi connectivity index (χ0) is 14.8. The summed E-state index contributed by atoms with van der Waals surface area (Å²) in [4.78, 5) is 14.8. The van der Waals surface area contributed by atoms with E-state index < -0.39 is 5.97 Å². The largest absolute Gasteiger partial charge is 0.480 e. The number of hydrogen-bond acceptors (Lipinski definition) is 6. The summed E-state index contributed by atoms with van der Waals surface area (Å²) in [5, 5.41) is 16.9. The molecule has 1 aromatic rings. The highest BCUT2D eigenvalue weighted by Crippen LogP contribution is 2.20. The molecule has 0 atom stereocenters. The first-order chi connectivity index (χ1) is 9.34. The third-order valence-electron chi connectivity index (χ3n) is 3.29. The molecule has 7 heteroatoms. The number of carbonyl (C=O) groups is 1. The first-order valence-electron chi connectivity index (χ1n) is 6.84. The van der Waals surface area contributed by atoms with Gasteiger partial charge in [-0.3, -0.25) is 14.6 Å². The van der Waals surface area contributed by atoms with Gasteiger partial charge in [0.05, 0.1) is 13.1 Å². The van der Waals surface area contributed by atoms with Gasteiger partial charge in [0, 0.05) is 31.6 Å². The van der Waals surface area contributed by atoms with Crippen LogP contribution in [0.1, 0.15) is 32.6 Å². The van der Waals surface area contributed by atoms with Crippen molar-refractivity contribution in [3.8, 4) is 0 Å². The highest BCUT2D eigenvalue weighted by molar-refractivity contribution is 5.69. The summed E-state index contributed by atoms with van der Waals surface area (Å²) in [6.07, 6.45) is 0. The Hall–Kier alpha value is -1.47. The van der Waals surface area contributed by atoms with Crippen LogP contribution in [-0.2, 0) is 16.8 Å². The molecule has 1 aromatic heterocycles. The highest BCUT2D eigenvalue weighted by atomic mass is 16.4. The summed E-state index contributed by atoms with van der Waals surface area (Å²) in [7, 11) is 0. The van der Waals surface area contributed by atoms with Gasteiger partial charge in [0.15, 0.2) is 0 Å². The van der Waals surface area contributed by atoms with E-state index in [1.54, 1.807) is 0 Å². The van der Waals surface area contributed by atoms with Gasteiger partial charge in [0.25, 0.3) is 0 Å². The van der Waals surface area contributed by atoms with E-state index in [-0.39, 0.29) is 12.0 Å². The van der Waals surface area contributed by atoms with E-state index in [4.69, 9.17) is 9.52 Å². The fourth-order valence-corrected chi connectivity index (χ4v) is 2.11. The van der Waals surface area contributed by atoms with E-state index in [1.807, 2.05) is 25.7 Å². The number of piperazine rings is 1. The molecule has 7 nitrogen and oxygen atoms in total. The molecule has 0 amide bonds. The van der Waals surface area contributed by atoms with E-state index in [0.29, 0.717) is 18.3 Å². The van der Waals surface area contributed by atoms with Crippen LogP contribution >= 0.6 is 0 Å². The smallest absolute Gasteiger partial charge is 0.317 e. The van der Waals surface area contributed by atoms with Crippen molar-refractivity contribution in [2.45, 2.75) is 32.7 Å². The Morgan fingerprint density at radius 1 is 1.20 bits per heavy atom. The molecule has 1 N–H and O–H groups in total. The fraction of sp³-hybridized carbons (Fsp3) is 0.769. The van der Waals surface area contributed by atoms with Crippen LogP contribution in [0.4, 0.5) is 0 Å². The average Bonchev–Trinajstić information content (AvgIpc) is 2.79. The second kappa shape index (κ2) is 5.88. The van der Waals surface area contributed by atoms with Crippen molar-refractivity contribution in [1.82, 2.24) is 20.0 Å². The molecule has 1 fully saturated rings. The maximum Gasteiger partial charge on any atom is 0.317 e. The summed E-state index contributed by atoms with van der Waals surface area (Å²) in [5.74, 6) is 0.504.